The van der Waals surface area contributed by atoms with Gasteiger partial charge in [-0.25, -0.2) is 4.79 Å². The van der Waals surface area contributed by atoms with E-state index in [1.165, 1.54) is 7.11 Å². The fourth-order valence-electron chi connectivity index (χ4n) is 1.34. The Morgan fingerprint density at radius 2 is 1.94 bits per heavy atom. The second-order valence-corrected chi connectivity index (χ2v) is 3.54. The van der Waals surface area contributed by atoms with Gasteiger partial charge in [-0.15, -0.1) is 0 Å². The van der Waals surface area contributed by atoms with Crippen molar-refractivity contribution in [2.45, 2.75) is 6.42 Å². The van der Waals surface area contributed by atoms with Crippen molar-refractivity contribution in [2.24, 2.45) is 0 Å². The first-order chi connectivity index (χ1) is 8.13. The summed E-state index contributed by atoms with van der Waals surface area (Å²) in [5.74, 6) is -1.10. The summed E-state index contributed by atoms with van der Waals surface area (Å²) in [6.07, 6.45) is 0.662. The lowest BCUT2D eigenvalue weighted by Crippen LogP contribution is -2.28. The largest absolute Gasteiger partial charge is 0.478 e. The number of amides is 1. The molecule has 0 unspecified atom stereocenters. The first-order valence-electron chi connectivity index (χ1n) is 5.21. The monoisotopic (exact) mass is 237 g/mol. The molecule has 92 valence electrons. The van der Waals surface area contributed by atoms with E-state index in [2.05, 4.69) is 10.1 Å². The van der Waals surface area contributed by atoms with Gasteiger partial charge in [-0.3, -0.25) is 4.79 Å². The lowest BCUT2D eigenvalue weighted by molar-refractivity contribution is -0.124. The predicted molar refractivity (Wildman–Crippen MR) is 62.0 cm³/mol. The van der Waals surface area contributed by atoms with Crippen molar-refractivity contribution in [3.8, 4) is 0 Å². The van der Waals surface area contributed by atoms with E-state index in [1.807, 2.05) is 0 Å². The van der Waals surface area contributed by atoms with Crippen molar-refractivity contribution in [3.63, 3.8) is 0 Å². The van der Waals surface area contributed by atoms with Gasteiger partial charge in [0.1, 0.15) is 6.61 Å². The van der Waals surface area contributed by atoms with Crippen molar-refractivity contribution >= 4 is 11.9 Å². The normalized spacial score (nSPS) is 9.94. The maximum atomic E-state index is 11.1. The van der Waals surface area contributed by atoms with Crippen LogP contribution in [0.15, 0.2) is 24.3 Å². The molecule has 0 saturated heterocycles. The van der Waals surface area contributed by atoms with Crippen molar-refractivity contribution < 1.29 is 19.4 Å². The van der Waals surface area contributed by atoms with Gasteiger partial charge < -0.3 is 15.2 Å². The molecule has 0 fully saturated rings. The Balaban J connectivity index is 2.37. The number of methoxy groups -OCH3 is 1. The van der Waals surface area contributed by atoms with Crippen LogP contribution in [-0.2, 0) is 16.0 Å². The van der Waals surface area contributed by atoms with E-state index in [0.717, 1.165) is 5.56 Å². The quantitative estimate of drug-likeness (QED) is 0.763. The molecule has 0 aliphatic heterocycles. The molecule has 0 heterocycles. The Labute approximate surface area is 99.4 Å². The molecule has 1 rings (SSSR count). The Bertz CT molecular complexity index is 386. The Morgan fingerprint density at radius 3 is 2.47 bits per heavy atom. The van der Waals surface area contributed by atoms with E-state index in [9.17, 15) is 9.59 Å². The molecule has 2 N–H and O–H groups in total. The molecule has 0 aromatic heterocycles. The molecule has 1 aromatic carbocycles. The fraction of sp³-hybridized carbons (Fsp3) is 0.333. The third kappa shape index (κ3) is 4.65. The molecule has 0 spiro atoms. The highest BCUT2D eigenvalue weighted by atomic mass is 16.5. The molecule has 0 bridgehead atoms. The zero-order valence-electron chi connectivity index (χ0n) is 9.60. The highest BCUT2D eigenvalue weighted by Gasteiger charge is 2.02. The number of carboxylic acids is 1. The van der Waals surface area contributed by atoms with E-state index < -0.39 is 5.97 Å². The summed E-state index contributed by atoms with van der Waals surface area (Å²) in [5.41, 5.74) is 1.24. The summed E-state index contributed by atoms with van der Waals surface area (Å²) in [4.78, 5) is 21.7. The lowest BCUT2D eigenvalue weighted by atomic mass is 10.1. The Morgan fingerprint density at radius 1 is 1.29 bits per heavy atom. The van der Waals surface area contributed by atoms with Crippen LogP contribution in [-0.4, -0.2) is 37.2 Å². The van der Waals surface area contributed by atoms with Crippen molar-refractivity contribution in [1.82, 2.24) is 5.32 Å². The highest BCUT2D eigenvalue weighted by molar-refractivity contribution is 5.87. The molecule has 1 aromatic rings. The second-order valence-electron chi connectivity index (χ2n) is 3.54. The number of benzene rings is 1. The third-order valence-electron chi connectivity index (χ3n) is 2.21. The van der Waals surface area contributed by atoms with E-state index in [1.54, 1.807) is 24.3 Å². The van der Waals surface area contributed by atoms with Gasteiger partial charge >= 0.3 is 5.97 Å². The second kappa shape index (κ2) is 6.65. The predicted octanol–water partition coefficient (Wildman–Crippen LogP) is 0.690. The SMILES string of the molecule is COCC(=O)NCCc1ccc(C(=O)O)cc1. The summed E-state index contributed by atoms with van der Waals surface area (Å²) in [7, 11) is 1.46. The van der Waals surface area contributed by atoms with Gasteiger partial charge in [-0.1, -0.05) is 12.1 Å². The summed E-state index contributed by atoms with van der Waals surface area (Å²) in [5, 5.41) is 11.4. The van der Waals surface area contributed by atoms with Crippen molar-refractivity contribution in [1.29, 1.82) is 0 Å². The van der Waals surface area contributed by atoms with Crippen LogP contribution >= 0.6 is 0 Å². The minimum absolute atomic E-state index is 0.0535. The zero-order chi connectivity index (χ0) is 12.7. The fourth-order valence-corrected chi connectivity index (χ4v) is 1.34. The number of carbonyl (C=O) groups excluding carboxylic acids is 1. The highest BCUT2D eigenvalue weighted by Crippen LogP contribution is 2.04. The standard InChI is InChI=1S/C12H15NO4/c1-17-8-11(14)13-7-6-9-2-4-10(5-3-9)12(15)16/h2-5H,6-8H2,1H3,(H,13,14)(H,15,16). The summed E-state index contributed by atoms with van der Waals surface area (Å²) in [6.45, 7) is 0.562. The van der Waals surface area contributed by atoms with Crippen molar-refractivity contribution in [3.05, 3.63) is 35.4 Å². The average Bonchev–Trinajstić information content (AvgIpc) is 2.30. The van der Waals surface area contributed by atoms with E-state index >= 15 is 0 Å². The van der Waals surface area contributed by atoms with Crippen LogP contribution in [0.5, 0.6) is 0 Å². The number of hydrogen-bond donors (Lipinski definition) is 2. The smallest absolute Gasteiger partial charge is 0.335 e. The number of hydrogen-bond acceptors (Lipinski definition) is 3. The molecule has 5 nitrogen and oxygen atoms in total. The van der Waals surface area contributed by atoms with Crippen LogP contribution in [0.3, 0.4) is 0 Å². The molecule has 0 atom stereocenters. The zero-order valence-corrected chi connectivity index (χ0v) is 9.60. The van der Waals surface area contributed by atoms with Crippen LogP contribution in [0.25, 0.3) is 0 Å². The number of rotatable bonds is 6. The van der Waals surface area contributed by atoms with Gasteiger partial charge in [0.25, 0.3) is 0 Å². The molecule has 0 aliphatic rings. The van der Waals surface area contributed by atoms with Crippen LogP contribution in [0, 0.1) is 0 Å². The van der Waals surface area contributed by atoms with E-state index in [4.69, 9.17) is 5.11 Å². The maximum Gasteiger partial charge on any atom is 0.335 e. The molecule has 1 amide bonds. The topological polar surface area (TPSA) is 75.6 Å². The molecular formula is C12H15NO4. The number of aromatic carboxylic acids is 1. The van der Waals surface area contributed by atoms with Crippen LogP contribution < -0.4 is 5.32 Å². The van der Waals surface area contributed by atoms with Gasteiger partial charge in [0, 0.05) is 13.7 Å². The molecule has 0 aliphatic carbocycles. The summed E-state index contributed by atoms with van der Waals surface area (Å²) >= 11 is 0. The Hall–Kier alpha value is -1.88. The molecule has 0 radical (unpaired) electrons. The van der Waals surface area contributed by atoms with E-state index in [-0.39, 0.29) is 18.1 Å². The number of carboxylic acid groups (broad SMARTS) is 1. The molecule has 17 heavy (non-hydrogen) atoms. The number of nitrogens with one attached hydrogen (secondary N) is 1. The Kier molecular flexibility index (Phi) is 5.16. The molecular weight excluding hydrogens is 222 g/mol. The van der Waals surface area contributed by atoms with Gasteiger partial charge in [-0.05, 0) is 24.1 Å². The minimum Gasteiger partial charge on any atom is -0.478 e. The third-order valence-corrected chi connectivity index (χ3v) is 2.21. The molecule has 5 heteroatoms. The van der Waals surface area contributed by atoms with E-state index in [0.29, 0.717) is 13.0 Å². The van der Waals surface area contributed by atoms with Gasteiger partial charge in [-0.2, -0.15) is 0 Å². The van der Waals surface area contributed by atoms with Crippen LogP contribution in [0.1, 0.15) is 15.9 Å². The minimum atomic E-state index is -0.940. The number of carbonyl (C=O) groups is 2. The average molecular weight is 237 g/mol. The van der Waals surface area contributed by atoms with Gasteiger partial charge in [0.15, 0.2) is 0 Å². The van der Waals surface area contributed by atoms with Gasteiger partial charge in [0.2, 0.25) is 5.91 Å². The van der Waals surface area contributed by atoms with Crippen molar-refractivity contribution in [2.75, 3.05) is 20.3 Å². The first-order valence-corrected chi connectivity index (χ1v) is 5.21. The summed E-state index contributed by atoms with van der Waals surface area (Å²) in [6, 6.07) is 6.58. The number of ether oxygens (including phenoxy) is 1. The lowest BCUT2D eigenvalue weighted by Gasteiger charge is -2.04. The maximum absolute atomic E-state index is 11.1. The molecule has 0 saturated carbocycles. The van der Waals surface area contributed by atoms with Crippen LogP contribution in [0.4, 0.5) is 0 Å². The summed E-state index contributed by atoms with van der Waals surface area (Å²) < 4.78 is 4.67. The first kappa shape index (κ1) is 13.2. The van der Waals surface area contributed by atoms with Crippen LogP contribution in [0.2, 0.25) is 0 Å². The van der Waals surface area contributed by atoms with Gasteiger partial charge in [0.05, 0.1) is 5.56 Å².